The molecular formula is C20H18N6OS. The van der Waals surface area contributed by atoms with Crippen molar-refractivity contribution in [1.82, 2.24) is 30.0 Å². The number of benzene rings is 1. The van der Waals surface area contributed by atoms with Crippen molar-refractivity contribution in [2.75, 3.05) is 6.54 Å². The van der Waals surface area contributed by atoms with E-state index < -0.39 is 0 Å². The third kappa shape index (κ3) is 3.38. The van der Waals surface area contributed by atoms with Crippen LogP contribution in [0.1, 0.15) is 34.3 Å². The third-order valence-corrected chi connectivity index (χ3v) is 5.76. The van der Waals surface area contributed by atoms with Crippen molar-refractivity contribution in [2.45, 2.75) is 25.3 Å². The Bertz CT molecular complexity index is 1100. The molecule has 1 N–H and O–H groups in total. The molecule has 7 nitrogen and oxygen atoms in total. The fraction of sp³-hybridized carbons (Fsp3) is 0.250. The first-order valence-electron chi connectivity index (χ1n) is 9.26. The van der Waals surface area contributed by atoms with Crippen molar-refractivity contribution in [3.05, 3.63) is 59.6 Å². The van der Waals surface area contributed by atoms with E-state index in [4.69, 9.17) is 5.10 Å². The van der Waals surface area contributed by atoms with Crippen LogP contribution in [-0.2, 0) is 6.54 Å². The lowest BCUT2D eigenvalue weighted by Crippen LogP contribution is -2.27. The highest BCUT2D eigenvalue weighted by Crippen LogP contribution is 2.41. The van der Waals surface area contributed by atoms with Crippen molar-refractivity contribution in [2.24, 2.45) is 0 Å². The van der Waals surface area contributed by atoms with Crippen molar-refractivity contribution in [3.8, 4) is 11.4 Å². The van der Waals surface area contributed by atoms with E-state index in [0.29, 0.717) is 24.0 Å². The summed E-state index contributed by atoms with van der Waals surface area (Å²) < 4.78 is 3.00. The Hall–Kier alpha value is -3.13. The molecule has 140 valence electrons. The lowest BCUT2D eigenvalue weighted by molar-refractivity contribution is 0.0951. The van der Waals surface area contributed by atoms with Gasteiger partial charge >= 0.3 is 0 Å². The zero-order chi connectivity index (χ0) is 18.9. The van der Waals surface area contributed by atoms with Gasteiger partial charge in [0.25, 0.3) is 5.91 Å². The standard InChI is InChI=1S/C20H18N6OS/c27-19(20-24-14-3-1-2-4-18(14)28-20)23-9-10-26-17(13-5-6-13)11-15(25-26)16-12-21-7-8-22-16/h1-4,7-8,11-13H,5-6,9-10H2,(H,23,27). The van der Waals surface area contributed by atoms with Crippen molar-refractivity contribution >= 4 is 27.5 Å². The molecule has 0 aliphatic heterocycles. The number of rotatable bonds is 6. The lowest BCUT2D eigenvalue weighted by atomic mass is 10.2. The summed E-state index contributed by atoms with van der Waals surface area (Å²) in [4.78, 5) is 25.3. The number of carbonyl (C=O) groups excluding carboxylic acids is 1. The van der Waals surface area contributed by atoms with Gasteiger partial charge in [0.1, 0.15) is 11.4 Å². The summed E-state index contributed by atoms with van der Waals surface area (Å²) in [6.45, 7) is 1.11. The van der Waals surface area contributed by atoms with E-state index >= 15 is 0 Å². The summed E-state index contributed by atoms with van der Waals surface area (Å²) in [5, 5.41) is 8.15. The van der Waals surface area contributed by atoms with Crippen LogP contribution in [0.15, 0.2) is 48.9 Å². The van der Waals surface area contributed by atoms with Gasteiger partial charge in [-0.05, 0) is 31.0 Å². The van der Waals surface area contributed by atoms with Gasteiger partial charge in [-0.3, -0.25) is 19.4 Å². The van der Waals surface area contributed by atoms with Crippen molar-refractivity contribution < 1.29 is 4.79 Å². The molecule has 1 aromatic carbocycles. The van der Waals surface area contributed by atoms with Crippen LogP contribution in [0, 0.1) is 0 Å². The van der Waals surface area contributed by atoms with Gasteiger partial charge in [0.05, 0.1) is 23.0 Å². The first-order chi connectivity index (χ1) is 13.8. The highest BCUT2D eigenvalue weighted by molar-refractivity contribution is 7.20. The number of thiazole rings is 1. The molecule has 0 radical (unpaired) electrons. The normalized spacial score (nSPS) is 13.7. The van der Waals surface area contributed by atoms with Crippen molar-refractivity contribution in [1.29, 1.82) is 0 Å². The Labute approximate surface area is 165 Å². The Morgan fingerprint density at radius 3 is 2.89 bits per heavy atom. The summed E-state index contributed by atoms with van der Waals surface area (Å²) in [7, 11) is 0. The second-order valence-corrected chi connectivity index (χ2v) is 7.82. The van der Waals surface area contributed by atoms with Crippen LogP contribution >= 0.6 is 11.3 Å². The van der Waals surface area contributed by atoms with Gasteiger partial charge in [0.2, 0.25) is 0 Å². The molecule has 0 bridgehead atoms. The molecule has 0 atom stereocenters. The fourth-order valence-corrected chi connectivity index (χ4v) is 4.08. The molecule has 1 aliphatic carbocycles. The number of hydrogen-bond donors (Lipinski definition) is 1. The summed E-state index contributed by atoms with van der Waals surface area (Å²) in [5.74, 6) is 0.411. The van der Waals surface area contributed by atoms with Crippen LogP contribution in [-0.4, -0.2) is 37.2 Å². The van der Waals surface area contributed by atoms with E-state index in [9.17, 15) is 4.79 Å². The maximum Gasteiger partial charge on any atom is 0.280 e. The van der Waals surface area contributed by atoms with Crippen LogP contribution in [0.25, 0.3) is 21.6 Å². The molecule has 28 heavy (non-hydrogen) atoms. The molecule has 1 aliphatic rings. The number of amides is 1. The Kier molecular flexibility index (Phi) is 4.32. The molecule has 3 aromatic heterocycles. The van der Waals surface area contributed by atoms with E-state index in [-0.39, 0.29) is 5.91 Å². The number of carbonyl (C=O) groups is 1. The second-order valence-electron chi connectivity index (χ2n) is 6.79. The van der Waals surface area contributed by atoms with Gasteiger partial charge in [-0.1, -0.05) is 12.1 Å². The lowest BCUT2D eigenvalue weighted by Gasteiger charge is -2.07. The van der Waals surface area contributed by atoms with E-state index in [1.54, 1.807) is 18.6 Å². The maximum absolute atomic E-state index is 12.5. The van der Waals surface area contributed by atoms with E-state index in [1.807, 2.05) is 28.9 Å². The minimum absolute atomic E-state index is 0.143. The topological polar surface area (TPSA) is 85.6 Å². The van der Waals surface area contributed by atoms with E-state index in [0.717, 1.165) is 21.6 Å². The average Bonchev–Trinajstić information content (AvgIpc) is 3.34. The zero-order valence-corrected chi connectivity index (χ0v) is 15.9. The Morgan fingerprint density at radius 1 is 1.21 bits per heavy atom. The van der Waals surface area contributed by atoms with E-state index in [2.05, 4.69) is 26.3 Å². The van der Waals surface area contributed by atoms with Gasteiger partial charge in [-0.2, -0.15) is 5.10 Å². The van der Waals surface area contributed by atoms with Gasteiger partial charge in [-0.15, -0.1) is 11.3 Å². The summed E-state index contributed by atoms with van der Waals surface area (Å²) in [6.07, 6.45) is 7.41. The molecule has 0 unspecified atom stereocenters. The van der Waals surface area contributed by atoms with Gasteiger partial charge in [-0.25, -0.2) is 4.98 Å². The Morgan fingerprint density at radius 2 is 2.11 bits per heavy atom. The minimum Gasteiger partial charge on any atom is -0.348 e. The van der Waals surface area contributed by atoms with Gasteiger partial charge in [0, 0.05) is 30.6 Å². The zero-order valence-electron chi connectivity index (χ0n) is 15.1. The first kappa shape index (κ1) is 17.0. The largest absolute Gasteiger partial charge is 0.348 e. The van der Waals surface area contributed by atoms with Crippen LogP contribution in [0.4, 0.5) is 0 Å². The highest BCUT2D eigenvalue weighted by Gasteiger charge is 2.28. The van der Waals surface area contributed by atoms with Crippen LogP contribution in [0.5, 0.6) is 0 Å². The molecule has 5 rings (SSSR count). The Balaban J connectivity index is 1.28. The molecule has 0 saturated heterocycles. The SMILES string of the molecule is O=C(NCCn1nc(-c2cnccn2)cc1C1CC1)c1nc2ccccc2s1. The molecule has 1 saturated carbocycles. The van der Waals surface area contributed by atoms with Crippen LogP contribution in [0.2, 0.25) is 0 Å². The second kappa shape index (κ2) is 7.12. The molecule has 4 aromatic rings. The fourth-order valence-electron chi connectivity index (χ4n) is 3.19. The quantitative estimate of drug-likeness (QED) is 0.546. The molecule has 1 fully saturated rings. The number of nitrogens with one attached hydrogen (secondary N) is 1. The maximum atomic E-state index is 12.5. The monoisotopic (exact) mass is 390 g/mol. The number of para-hydroxylation sites is 1. The van der Waals surface area contributed by atoms with Crippen LogP contribution < -0.4 is 5.32 Å². The van der Waals surface area contributed by atoms with Crippen molar-refractivity contribution in [3.63, 3.8) is 0 Å². The number of nitrogens with zero attached hydrogens (tertiary/aromatic N) is 5. The molecular weight excluding hydrogens is 372 g/mol. The third-order valence-electron chi connectivity index (χ3n) is 4.73. The van der Waals surface area contributed by atoms with E-state index in [1.165, 1.54) is 29.9 Å². The average molecular weight is 390 g/mol. The molecule has 3 heterocycles. The summed E-state index contributed by atoms with van der Waals surface area (Å²) >= 11 is 1.41. The predicted molar refractivity (Wildman–Crippen MR) is 107 cm³/mol. The summed E-state index contributed by atoms with van der Waals surface area (Å²) in [6, 6.07) is 9.87. The summed E-state index contributed by atoms with van der Waals surface area (Å²) in [5.41, 5.74) is 3.65. The number of fused-ring (bicyclic) bond motifs is 1. The highest BCUT2D eigenvalue weighted by atomic mass is 32.1. The molecule has 0 spiro atoms. The smallest absolute Gasteiger partial charge is 0.280 e. The van der Waals surface area contributed by atoms with Crippen LogP contribution in [0.3, 0.4) is 0 Å². The molecule has 1 amide bonds. The molecule has 8 heteroatoms. The van der Waals surface area contributed by atoms with Gasteiger partial charge in [0.15, 0.2) is 5.01 Å². The number of hydrogen-bond acceptors (Lipinski definition) is 6. The van der Waals surface area contributed by atoms with Gasteiger partial charge < -0.3 is 5.32 Å². The predicted octanol–water partition coefficient (Wildman–Crippen LogP) is 3.26. The first-order valence-corrected chi connectivity index (χ1v) is 10.1. The minimum atomic E-state index is -0.143. The number of aromatic nitrogens is 5.